The third kappa shape index (κ3) is 9.27. The molecule has 0 radical (unpaired) electrons. The molecule has 0 fully saturated rings. The van der Waals surface area contributed by atoms with Gasteiger partial charge in [0, 0.05) is 13.0 Å². The largest absolute Gasteiger partial charge is 0.482 e. The van der Waals surface area contributed by atoms with E-state index in [1.54, 1.807) is 0 Å². The van der Waals surface area contributed by atoms with Crippen LogP contribution in [0.25, 0.3) is 0 Å². The Labute approximate surface area is 184 Å². The number of aliphatic hydroxyl groups excluding tert-OH is 2. The molecule has 31 heavy (non-hydrogen) atoms. The van der Waals surface area contributed by atoms with Gasteiger partial charge in [-0.1, -0.05) is 12.1 Å². The highest BCUT2D eigenvalue weighted by atomic mass is 16.6. The molecule has 0 saturated carbocycles. The van der Waals surface area contributed by atoms with E-state index in [0.29, 0.717) is 37.9 Å². The number of fused-ring (bicyclic) bond motifs is 1. The van der Waals surface area contributed by atoms with Crippen LogP contribution in [0.15, 0.2) is 18.2 Å². The number of carboxylic acid groups (broad SMARTS) is 1. The second-order valence-electron chi connectivity index (χ2n) is 8.23. The minimum atomic E-state index is -0.811. The molecule has 7 heteroatoms. The van der Waals surface area contributed by atoms with E-state index in [4.69, 9.17) is 19.7 Å². The van der Waals surface area contributed by atoms with Crippen LogP contribution < -0.4 is 4.74 Å². The summed E-state index contributed by atoms with van der Waals surface area (Å²) < 4.78 is 11.0. The molecule has 0 bridgehead atoms. The predicted octanol–water partition coefficient (Wildman–Crippen LogP) is 3.27. The normalized spacial score (nSPS) is 18.9. The van der Waals surface area contributed by atoms with Crippen LogP contribution in [0.4, 0.5) is 0 Å². The van der Waals surface area contributed by atoms with Gasteiger partial charge in [0.2, 0.25) is 0 Å². The first-order chi connectivity index (χ1) is 15.0. The smallest absolute Gasteiger partial charge is 0.344 e. The van der Waals surface area contributed by atoms with Crippen molar-refractivity contribution in [3.8, 4) is 5.75 Å². The standard InChI is InChI=1S/C24H36O7/c25-15-6-8-19-14-13-18-7-4-11-22(20(18)9-5-10-21(19)26)31-17-24(29)30-16-3-1-2-12-23(27)28/h4,7,11,19,21,25-26H,1-3,5-6,8-10,12-17H2,(H,27,28)/t19?,21-/m1/s1. The number of carbonyl (C=O) groups excluding carboxylic acids is 1. The molecular formula is C24H36O7. The zero-order valence-electron chi connectivity index (χ0n) is 18.3. The van der Waals surface area contributed by atoms with Crippen LogP contribution in [0.3, 0.4) is 0 Å². The number of esters is 1. The Hall–Kier alpha value is -2.12. The fourth-order valence-corrected chi connectivity index (χ4v) is 4.13. The third-order valence-electron chi connectivity index (χ3n) is 5.86. The summed E-state index contributed by atoms with van der Waals surface area (Å²) in [6.45, 7) is 0.255. The Kier molecular flexibility index (Phi) is 11.4. The zero-order chi connectivity index (χ0) is 22.5. The molecule has 174 valence electrons. The van der Waals surface area contributed by atoms with Gasteiger partial charge in [0.15, 0.2) is 6.61 Å². The predicted molar refractivity (Wildman–Crippen MR) is 116 cm³/mol. The van der Waals surface area contributed by atoms with E-state index in [2.05, 4.69) is 6.07 Å². The van der Waals surface area contributed by atoms with Gasteiger partial charge in [-0.25, -0.2) is 4.79 Å². The number of unbranched alkanes of at least 4 members (excludes halogenated alkanes) is 2. The first-order valence-electron chi connectivity index (χ1n) is 11.4. The van der Waals surface area contributed by atoms with Crippen molar-refractivity contribution < 1.29 is 34.4 Å². The number of carboxylic acids is 1. The molecule has 0 amide bonds. The van der Waals surface area contributed by atoms with E-state index >= 15 is 0 Å². The Morgan fingerprint density at radius 1 is 1.06 bits per heavy atom. The minimum Gasteiger partial charge on any atom is -0.482 e. The maximum absolute atomic E-state index is 12.0. The van der Waals surface area contributed by atoms with E-state index < -0.39 is 11.9 Å². The summed E-state index contributed by atoms with van der Waals surface area (Å²) in [6, 6.07) is 5.88. The molecule has 0 aliphatic heterocycles. The number of carbonyl (C=O) groups is 2. The molecule has 1 unspecified atom stereocenters. The maximum atomic E-state index is 12.0. The molecular weight excluding hydrogens is 400 g/mol. The van der Waals surface area contributed by atoms with E-state index in [1.165, 1.54) is 5.56 Å². The van der Waals surface area contributed by atoms with Crippen LogP contribution in [0.5, 0.6) is 5.75 Å². The van der Waals surface area contributed by atoms with Crippen LogP contribution in [0, 0.1) is 5.92 Å². The van der Waals surface area contributed by atoms with Gasteiger partial charge in [0.1, 0.15) is 5.75 Å². The lowest BCUT2D eigenvalue weighted by atomic mass is 9.89. The van der Waals surface area contributed by atoms with Gasteiger partial charge in [-0.3, -0.25) is 4.79 Å². The molecule has 0 aromatic heterocycles. The monoisotopic (exact) mass is 436 g/mol. The molecule has 1 aliphatic rings. The van der Waals surface area contributed by atoms with Gasteiger partial charge in [0.25, 0.3) is 0 Å². The Morgan fingerprint density at radius 3 is 2.68 bits per heavy atom. The molecule has 2 rings (SSSR count). The number of aryl methyl sites for hydroxylation is 1. The molecule has 1 aliphatic carbocycles. The highest BCUT2D eigenvalue weighted by Gasteiger charge is 2.22. The highest BCUT2D eigenvalue weighted by Crippen LogP contribution is 2.31. The first kappa shape index (κ1) is 25.1. The maximum Gasteiger partial charge on any atom is 0.344 e. The van der Waals surface area contributed by atoms with Crippen molar-refractivity contribution in [2.45, 2.75) is 76.7 Å². The third-order valence-corrected chi connectivity index (χ3v) is 5.86. The second kappa shape index (κ2) is 14.0. The van der Waals surface area contributed by atoms with Crippen LogP contribution in [0.2, 0.25) is 0 Å². The van der Waals surface area contributed by atoms with Crippen molar-refractivity contribution in [2.75, 3.05) is 19.8 Å². The summed E-state index contributed by atoms with van der Waals surface area (Å²) in [4.78, 5) is 22.5. The highest BCUT2D eigenvalue weighted by molar-refractivity contribution is 5.71. The Bertz CT molecular complexity index is 689. The molecule has 1 aromatic rings. The van der Waals surface area contributed by atoms with Gasteiger partial charge in [-0.2, -0.15) is 0 Å². The zero-order valence-corrected chi connectivity index (χ0v) is 18.3. The SMILES string of the molecule is O=C(O)CCCCCOC(=O)COc1cccc2c1CCC[C@@H](O)C(CCCO)CC2. The lowest BCUT2D eigenvalue weighted by Gasteiger charge is -2.21. The summed E-state index contributed by atoms with van der Waals surface area (Å²) in [5.41, 5.74) is 2.28. The van der Waals surface area contributed by atoms with Crippen LogP contribution in [0.1, 0.15) is 68.9 Å². The molecule has 3 N–H and O–H groups in total. The molecule has 0 saturated heterocycles. The first-order valence-corrected chi connectivity index (χ1v) is 11.4. The summed E-state index contributed by atoms with van der Waals surface area (Å²) >= 11 is 0. The van der Waals surface area contributed by atoms with Crippen molar-refractivity contribution in [1.82, 2.24) is 0 Å². The van der Waals surface area contributed by atoms with E-state index in [-0.39, 0.29) is 38.3 Å². The number of benzene rings is 1. The molecule has 0 spiro atoms. The van der Waals surface area contributed by atoms with Crippen molar-refractivity contribution in [2.24, 2.45) is 5.92 Å². The lowest BCUT2D eigenvalue weighted by Crippen LogP contribution is -2.21. The van der Waals surface area contributed by atoms with Gasteiger partial charge < -0.3 is 24.8 Å². The fourth-order valence-electron chi connectivity index (χ4n) is 4.13. The summed E-state index contributed by atoms with van der Waals surface area (Å²) in [6.07, 6.45) is 7.27. The van der Waals surface area contributed by atoms with E-state index in [1.807, 2.05) is 12.1 Å². The van der Waals surface area contributed by atoms with Crippen molar-refractivity contribution in [1.29, 1.82) is 0 Å². The van der Waals surface area contributed by atoms with Crippen LogP contribution >= 0.6 is 0 Å². The number of hydrogen-bond acceptors (Lipinski definition) is 6. The topological polar surface area (TPSA) is 113 Å². The number of ether oxygens (including phenoxy) is 2. The van der Waals surface area contributed by atoms with Gasteiger partial charge in [0.05, 0.1) is 12.7 Å². The molecule has 7 nitrogen and oxygen atoms in total. The molecule has 0 heterocycles. The van der Waals surface area contributed by atoms with Gasteiger partial charge in [-0.15, -0.1) is 0 Å². The molecule has 2 atom stereocenters. The summed E-state index contributed by atoms with van der Waals surface area (Å²) in [7, 11) is 0. The minimum absolute atomic E-state index is 0.134. The van der Waals surface area contributed by atoms with Crippen molar-refractivity contribution >= 4 is 11.9 Å². The summed E-state index contributed by atoms with van der Waals surface area (Å²) in [5, 5.41) is 28.2. The Balaban J connectivity index is 1.85. The number of aliphatic carboxylic acids is 1. The average Bonchev–Trinajstić information content (AvgIpc) is 2.82. The van der Waals surface area contributed by atoms with E-state index in [9.17, 15) is 14.7 Å². The number of aliphatic hydroxyl groups is 2. The quantitative estimate of drug-likeness (QED) is 0.340. The van der Waals surface area contributed by atoms with Gasteiger partial charge in [-0.05, 0) is 87.3 Å². The van der Waals surface area contributed by atoms with Crippen LogP contribution in [-0.4, -0.2) is 53.2 Å². The van der Waals surface area contributed by atoms with Crippen molar-refractivity contribution in [3.05, 3.63) is 29.3 Å². The summed E-state index contributed by atoms with van der Waals surface area (Å²) in [5.74, 6) is -0.361. The molecule has 1 aromatic carbocycles. The van der Waals surface area contributed by atoms with E-state index in [0.717, 1.165) is 37.7 Å². The lowest BCUT2D eigenvalue weighted by molar-refractivity contribution is -0.146. The van der Waals surface area contributed by atoms with Crippen LogP contribution in [-0.2, 0) is 27.2 Å². The van der Waals surface area contributed by atoms with Crippen molar-refractivity contribution in [3.63, 3.8) is 0 Å². The second-order valence-corrected chi connectivity index (χ2v) is 8.23. The number of hydrogen-bond donors (Lipinski definition) is 3. The average molecular weight is 437 g/mol. The Morgan fingerprint density at radius 2 is 1.90 bits per heavy atom. The fraction of sp³-hybridized carbons (Fsp3) is 0.667. The van der Waals surface area contributed by atoms with Gasteiger partial charge >= 0.3 is 11.9 Å². The number of rotatable bonds is 12.